The SMILES string of the molecule is CCCCOc1nncc2c(C)cccc12. The quantitative estimate of drug-likeness (QED) is 0.736. The van der Waals surface area contributed by atoms with Crippen LogP contribution < -0.4 is 4.74 Å². The van der Waals surface area contributed by atoms with Gasteiger partial charge in [0.1, 0.15) is 0 Å². The molecule has 0 N–H and O–H groups in total. The first-order chi connectivity index (χ1) is 7.83. The van der Waals surface area contributed by atoms with Crippen molar-refractivity contribution in [3.63, 3.8) is 0 Å². The first-order valence-corrected chi connectivity index (χ1v) is 5.66. The minimum Gasteiger partial charge on any atom is -0.476 e. The number of ether oxygens (including phenoxy) is 1. The third-order valence-electron chi connectivity index (χ3n) is 2.63. The lowest BCUT2D eigenvalue weighted by Crippen LogP contribution is -2.00. The maximum Gasteiger partial charge on any atom is 0.241 e. The van der Waals surface area contributed by atoms with Crippen LogP contribution in [0.2, 0.25) is 0 Å². The van der Waals surface area contributed by atoms with Gasteiger partial charge in [0.05, 0.1) is 12.8 Å². The van der Waals surface area contributed by atoms with E-state index in [0.717, 1.165) is 23.6 Å². The van der Waals surface area contributed by atoms with Crippen LogP contribution in [0.4, 0.5) is 0 Å². The van der Waals surface area contributed by atoms with E-state index in [0.29, 0.717) is 12.5 Å². The third-order valence-corrected chi connectivity index (χ3v) is 2.63. The van der Waals surface area contributed by atoms with Crippen LogP contribution in [0.15, 0.2) is 24.4 Å². The standard InChI is InChI=1S/C13H16N2O/c1-3-4-8-16-13-11-7-5-6-10(2)12(11)9-14-15-13/h5-7,9H,3-4,8H2,1-2H3. The van der Waals surface area contributed by atoms with Crippen molar-refractivity contribution >= 4 is 10.8 Å². The van der Waals surface area contributed by atoms with Gasteiger partial charge >= 0.3 is 0 Å². The fourth-order valence-corrected chi connectivity index (χ4v) is 1.65. The number of nitrogens with zero attached hydrogens (tertiary/aromatic N) is 2. The molecule has 1 aromatic carbocycles. The summed E-state index contributed by atoms with van der Waals surface area (Å²) < 4.78 is 5.64. The summed E-state index contributed by atoms with van der Waals surface area (Å²) in [7, 11) is 0. The lowest BCUT2D eigenvalue weighted by molar-refractivity contribution is 0.298. The van der Waals surface area contributed by atoms with Gasteiger partial charge in [0.2, 0.25) is 5.88 Å². The summed E-state index contributed by atoms with van der Waals surface area (Å²) in [6, 6.07) is 6.12. The van der Waals surface area contributed by atoms with Crippen molar-refractivity contribution in [1.82, 2.24) is 10.2 Å². The van der Waals surface area contributed by atoms with Crippen molar-refractivity contribution in [2.24, 2.45) is 0 Å². The summed E-state index contributed by atoms with van der Waals surface area (Å²) in [5.74, 6) is 0.648. The highest BCUT2D eigenvalue weighted by Gasteiger charge is 2.05. The molecule has 0 fully saturated rings. The molecule has 84 valence electrons. The molecule has 0 radical (unpaired) electrons. The average Bonchev–Trinajstić information content (AvgIpc) is 2.31. The van der Waals surface area contributed by atoms with E-state index in [-0.39, 0.29) is 0 Å². The highest BCUT2D eigenvalue weighted by Crippen LogP contribution is 2.24. The Morgan fingerprint density at radius 1 is 1.25 bits per heavy atom. The van der Waals surface area contributed by atoms with Crippen molar-refractivity contribution in [2.75, 3.05) is 6.61 Å². The summed E-state index contributed by atoms with van der Waals surface area (Å²) in [6.07, 6.45) is 3.96. The van der Waals surface area contributed by atoms with Crippen LogP contribution in [0.5, 0.6) is 5.88 Å². The predicted molar refractivity (Wildman–Crippen MR) is 64.7 cm³/mol. The second-order valence-corrected chi connectivity index (χ2v) is 3.89. The Labute approximate surface area is 95.5 Å². The number of fused-ring (bicyclic) bond motifs is 1. The molecule has 0 amide bonds. The van der Waals surface area contributed by atoms with Gasteiger partial charge in [0, 0.05) is 10.8 Å². The number of hydrogen-bond donors (Lipinski definition) is 0. The van der Waals surface area contributed by atoms with Gasteiger partial charge in [-0.05, 0) is 25.0 Å². The van der Waals surface area contributed by atoms with Gasteiger partial charge < -0.3 is 4.74 Å². The summed E-state index contributed by atoms with van der Waals surface area (Å²) >= 11 is 0. The first kappa shape index (κ1) is 10.9. The Morgan fingerprint density at radius 3 is 2.94 bits per heavy atom. The van der Waals surface area contributed by atoms with E-state index in [2.05, 4.69) is 30.1 Å². The predicted octanol–water partition coefficient (Wildman–Crippen LogP) is 3.12. The smallest absolute Gasteiger partial charge is 0.241 e. The van der Waals surface area contributed by atoms with E-state index in [1.807, 2.05) is 12.1 Å². The van der Waals surface area contributed by atoms with Crippen LogP contribution in [-0.4, -0.2) is 16.8 Å². The monoisotopic (exact) mass is 216 g/mol. The highest BCUT2D eigenvalue weighted by molar-refractivity contribution is 5.88. The number of benzene rings is 1. The van der Waals surface area contributed by atoms with Crippen LogP contribution in [0.1, 0.15) is 25.3 Å². The lowest BCUT2D eigenvalue weighted by atomic mass is 10.1. The Hall–Kier alpha value is -1.64. The van der Waals surface area contributed by atoms with Gasteiger partial charge in [-0.2, -0.15) is 5.10 Å². The Bertz CT molecular complexity index is 482. The zero-order chi connectivity index (χ0) is 11.4. The largest absolute Gasteiger partial charge is 0.476 e. The summed E-state index contributed by atoms with van der Waals surface area (Å²) in [6.45, 7) is 4.92. The van der Waals surface area contributed by atoms with Crippen LogP contribution in [-0.2, 0) is 0 Å². The molecular formula is C13H16N2O. The molecule has 1 aromatic heterocycles. The van der Waals surface area contributed by atoms with Crippen LogP contribution in [0.3, 0.4) is 0 Å². The van der Waals surface area contributed by atoms with E-state index in [1.54, 1.807) is 6.20 Å². The molecule has 0 aliphatic heterocycles. The van der Waals surface area contributed by atoms with E-state index < -0.39 is 0 Å². The van der Waals surface area contributed by atoms with Gasteiger partial charge in [0.25, 0.3) is 0 Å². The van der Waals surface area contributed by atoms with Crippen molar-refractivity contribution in [2.45, 2.75) is 26.7 Å². The van der Waals surface area contributed by atoms with Gasteiger partial charge in [-0.3, -0.25) is 0 Å². The molecule has 0 saturated carbocycles. The Balaban J connectivity index is 2.34. The fourth-order valence-electron chi connectivity index (χ4n) is 1.65. The van der Waals surface area contributed by atoms with Crippen molar-refractivity contribution in [3.8, 4) is 5.88 Å². The molecule has 0 aliphatic rings. The maximum absolute atomic E-state index is 5.64. The molecule has 3 nitrogen and oxygen atoms in total. The van der Waals surface area contributed by atoms with Crippen LogP contribution in [0.25, 0.3) is 10.8 Å². The Kier molecular flexibility index (Phi) is 3.34. The molecule has 0 bridgehead atoms. The van der Waals surface area contributed by atoms with Gasteiger partial charge in [0.15, 0.2) is 0 Å². The molecule has 0 unspecified atom stereocenters. The fraction of sp³-hybridized carbons (Fsp3) is 0.385. The van der Waals surface area contributed by atoms with E-state index >= 15 is 0 Å². The second-order valence-electron chi connectivity index (χ2n) is 3.89. The lowest BCUT2D eigenvalue weighted by Gasteiger charge is -2.07. The summed E-state index contributed by atoms with van der Waals surface area (Å²) in [5, 5.41) is 10.2. The van der Waals surface area contributed by atoms with E-state index in [4.69, 9.17) is 4.74 Å². The van der Waals surface area contributed by atoms with Crippen molar-refractivity contribution in [3.05, 3.63) is 30.0 Å². The van der Waals surface area contributed by atoms with Gasteiger partial charge in [-0.15, -0.1) is 5.10 Å². The summed E-state index contributed by atoms with van der Waals surface area (Å²) in [5.41, 5.74) is 1.20. The molecule has 2 aromatic rings. The molecule has 0 aliphatic carbocycles. The topological polar surface area (TPSA) is 35.0 Å². The molecule has 3 heteroatoms. The molecular weight excluding hydrogens is 200 g/mol. The van der Waals surface area contributed by atoms with E-state index in [1.165, 1.54) is 5.56 Å². The van der Waals surface area contributed by atoms with Gasteiger partial charge in [-0.1, -0.05) is 25.5 Å². The van der Waals surface area contributed by atoms with Crippen molar-refractivity contribution in [1.29, 1.82) is 0 Å². The molecule has 0 atom stereocenters. The molecule has 0 saturated heterocycles. The number of aryl methyl sites for hydroxylation is 1. The van der Waals surface area contributed by atoms with Crippen LogP contribution >= 0.6 is 0 Å². The first-order valence-electron chi connectivity index (χ1n) is 5.66. The number of unbranched alkanes of at least 4 members (excludes halogenated alkanes) is 1. The number of hydrogen-bond acceptors (Lipinski definition) is 3. The van der Waals surface area contributed by atoms with Crippen molar-refractivity contribution < 1.29 is 4.74 Å². The molecule has 0 spiro atoms. The zero-order valence-electron chi connectivity index (χ0n) is 9.73. The third kappa shape index (κ3) is 2.13. The highest BCUT2D eigenvalue weighted by atomic mass is 16.5. The summed E-state index contributed by atoms with van der Waals surface area (Å²) in [4.78, 5) is 0. The van der Waals surface area contributed by atoms with Gasteiger partial charge in [-0.25, -0.2) is 0 Å². The zero-order valence-corrected chi connectivity index (χ0v) is 9.73. The average molecular weight is 216 g/mol. The normalized spacial score (nSPS) is 10.6. The molecule has 16 heavy (non-hydrogen) atoms. The van der Waals surface area contributed by atoms with Crippen LogP contribution in [0, 0.1) is 6.92 Å². The second kappa shape index (κ2) is 4.92. The maximum atomic E-state index is 5.64. The molecule has 1 heterocycles. The van der Waals surface area contributed by atoms with E-state index in [9.17, 15) is 0 Å². The minimum absolute atomic E-state index is 0.648. The molecule has 2 rings (SSSR count). The number of aromatic nitrogens is 2. The minimum atomic E-state index is 0.648. The Morgan fingerprint density at radius 2 is 2.12 bits per heavy atom. The number of rotatable bonds is 4.